The molecule has 2 aromatic rings. The Balaban J connectivity index is 1.60. The van der Waals surface area contributed by atoms with Crippen LogP contribution < -0.4 is 14.8 Å². The van der Waals surface area contributed by atoms with Crippen molar-refractivity contribution in [2.24, 2.45) is 0 Å². The molecule has 1 aliphatic rings. The average molecular weight is 508 g/mol. The maximum Gasteiger partial charge on any atom is 0.573 e. The van der Waals surface area contributed by atoms with Crippen LogP contribution in [0.15, 0.2) is 53.8 Å². The van der Waals surface area contributed by atoms with Gasteiger partial charge in [-0.3, -0.25) is 14.4 Å². The molecule has 1 aliphatic heterocycles. The van der Waals surface area contributed by atoms with Gasteiger partial charge in [-0.2, -0.15) is 0 Å². The van der Waals surface area contributed by atoms with Crippen LogP contribution in [0.4, 0.5) is 13.2 Å². The van der Waals surface area contributed by atoms with Crippen molar-refractivity contribution in [2.75, 3.05) is 13.1 Å². The lowest BCUT2D eigenvalue weighted by molar-refractivity contribution is -0.274. The van der Waals surface area contributed by atoms with Crippen molar-refractivity contribution in [2.45, 2.75) is 32.9 Å². The molecule has 0 saturated heterocycles. The summed E-state index contributed by atoms with van der Waals surface area (Å²) < 4.78 is 46.4. The average Bonchev–Trinajstić information content (AvgIpc) is 2.79. The molecule has 0 unspecified atom stereocenters. The number of halogens is 3. The van der Waals surface area contributed by atoms with Crippen LogP contribution in [0.3, 0.4) is 0 Å². The Hall–Kier alpha value is -4.22. The summed E-state index contributed by atoms with van der Waals surface area (Å²) in [7, 11) is 0. The molecule has 2 amide bonds. The topological polar surface area (TPSA) is 125 Å². The van der Waals surface area contributed by atoms with E-state index in [-0.39, 0.29) is 31.9 Å². The molecule has 0 aromatic heterocycles. The van der Waals surface area contributed by atoms with E-state index >= 15 is 0 Å². The van der Waals surface area contributed by atoms with E-state index in [2.05, 4.69) is 10.1 Å². The van der Waals surface area contributed by atoms with E-state index in [1.807, 2.05) is 0 Å². The summed E-state index contributed by atoms with van der Waals surface area (Å²) in [6.07, 6.45) is -4.71. The third-order valence-corrected chi connectivity index (χ3v) is 5.20. The second kappa shape index (κ2) is 11.0. The molecule has 0 aliphatic carbocycles. The second-order valence-corrected chi connectivity index (χ2v) is 7.96. The molecule has 0 saturated carbocycles. The molecule has 0 spiro atoms. The summed E-state index contributed by atoms with van der Waals surface area (Å²) in [5.74, 6) is -3.14. The second-order valence-electron chi connectivity index (χ2n) is 7.96. The zero-order chi connectivity index (χ0) is 26.5. The first kappa shape index (κ1) is 26.4. The highest BCUT2D eigenvalue weighted by Gasteiger charge is 2.32. The van der Waals surface area contributed by atoms with Crippen molar-refractivity contribution in [3.05, 3.63) is 70.5 Å². The number of aliphatic carboxylic acids is 1. The van der Waals surface area contributed by atoms with Gasteiger partial charge in [0.2, 0.25) is 0 Å². The van der Waals surface area contributed by atoms with E-state index in [4.69, 9.17) is 9.84 Å². The van der Waals surface area contributed by atoms with Crippen molar-refractivity contribution in [1.29, 1.82) is 0 Å². The molecule has 3 N–H and O–H groups in total. The summed E-state index contributed by atoms with van der Waals surface area (Å²) in [6.45, 7) is 1.52. The lowest BCUT2D eigenvalue weighted by Crippen LogP contribution is -2.43. The van der Waals surface area contributed by atoms with Crippen molar-refractivity contribution >= 4 is 17.8 Å². The standard InChI is InChI=1S/C24H23F3N2O7/c1-14-10-16(12-29-9-8-18(30)21(23(29)34)22(33)28-11-20(31)32)4-7-19(14)35-13-15-2-5-17(6-3-15)36-24(25,26)27/h2-7,10,30H,8-9,11-13H2,1H3,(H,28,33)(H,31,32). The number of ether oxygens (including phenoxy) is 2. The number of aliphatic hydroxyl groups is 1. The molecule has 0 fully saturated rings. The first-order chi connectivity index (χ1) is 16.9. The number of nitrogens with one attached hydrogen (secondary N) is 1. The Morgan fingerprint density at radius 3 is 2.39 bits per heavy atom. The Morgan fingerprint density at radius 1 is 1.11 bits per heavy atom. The number of carboxylic acids is 1. The summed E-state index contributed by atoms with van der Waals surface area (Å²) in [6, 6.07) is 10.5. The molecular weight excluding hydrogens is 485 g/mol. The maximum atomic E-state index is 12.7. The van der Waals surface area contributed by atoms with Gasteiger partial charge in [0.15, 0.2) is 0 Å². The number of rotatable bonds is 9. The van der Waals surface area contributed by atoms with Crippen LogP contribution in [0.1, 0.15) is 23.1 Å². The third kappa shape index (κ3) is 7.14. The van der Waals surface area contributed by atoms with Gasteiger partial charge in [-0.25, -0.2) is 0 Å². The molecular formula is C24H23F3N2O7. The van der Waals surface area contributed by atoms with Crippen LogP contribution in [0.25, 0.3) is 0 Å². The number of alkyl halides is 3. The predicted molar refractivity (Wildman–Crippen MR) is 119 cm³/mol. The molecule has 9 nitrogen and oxygen atoms in total. The van der Waals surface area contributed by atoms with E-state index < -0.39 is 42.0 Å². The predicted octanol–water partition coefficient (Wildman–Crippen LogP) is 3.22. The van der Waals surface area contributed by atoms with Crippen LogP contribution in [-0.2, 0) is 27.5 Å². The zero-order valence-corrected chi connectivity index (χ0v) is 19.1. The minimum atomic E-state index is -4.76. The summed E-state index contributed by atoms with van der Waals surface area (Å²) >= 11 is 0. The van der Waals surface area contributed by atoms with Gasteiger partial charge in [-0.1, -0.05) is 24.3 Å². The highest BCUT2D eigenvalue weighted by Crippen LogP contribution is 2.26. The van der Waals surface area contributed by atoms with Gasteiger partial charge in [0, 0.05) is 19.5 Å². The summed E-state index contributed by atoms with van der Waals surface area (Å²) in [5, 5.41) is 20.8. The fraction of sp³-hybridized carbons (Fsp3) is 0.292. The van der Waals surface area contributed by atoms with E-state index in [1.165, 1.54) is 29.2 Å². The van der Waals surface area contributed by atoms with Gasteiger partial charge in [0.1, 0.15) is 36.0 Å². The van der Waals surface area contributed by atoms with Crippen LogP contribution in [0.5, 0.6) is 11.5 Å². The highest BCUT2D eigenvalue weighted by molar-refractivity contribution is 6.19. The largest absolute Gasteiger partial charge is 0.573 e. The summed E-state index contributed by atoms with van der Waals surface area (Å²) in [5.41, 5.74) is 1.62. The maximum absolute atomic E-state index is 12.7. The normalized spacial score (nSPS) is 14.0. The number of carbonyl (C=O) groups is 3. The molecule has 192 valence electrons. The SMILES string of the molecule is Cc1cc(CN2CCC(O)=C(C(=O)NCC(=O)O)C2=O)ccc1OCc1ccc(OC(F)(F)F)cc1. The minimum Gasteiger partial charge on any atom is -0.511 e. The molecule has 0 atom stereocenters. The molecule has 1 heterocycles. The van der Waals surface area contributed by atoms with Crippen molar-refractivity contribution < 1.29 is 47.2 Å². The zero-order valence-electron chi connectivity index (χ0n) is 19.1. The number of hydrogen-bond acceptors (Lipinski definition) is 6. The first-order valence-electron chi connectivity index (χ1n) is 10.7. The molecule has 3 rings (SSSR count). The highest BCUT2D eigenvalue weighted by atomic mass is 19.4. The Bertz CT molecular complexity index is 1180. The van der Waals surface area contributed by atoms with Crippen molar-refractivity contribution in [1.82, 2.24) is 10.2 Å². The Labute approximate surface area is 203 Å². The van der Waals surface area contributed by atoms with Gasteiger partial charge in [0.05, 0.1) is 0 Å². The lowest BCUT2D eigenvalue weighted by atomic mass is 10.0. The van der Waals surface area contributed by atoms with Gasteiger partial charge in [0.25, 0.3) is 11.8 Å². The van der Waals surface area contributed by atoms with Gasteiger partial charge in [-0.15, -0.1) is 13.2 Å². The van der Waals surface area contributed by atoms with E-state index in [9.17, 15) is 32.7 Å². The fourth-order valence-electron chi connectivity index (χ4n) is 3.51. The quantitative estimate of drug-likeness (QED) is 0.444. The lowest BCUT2D eigenvalue weighted by Gasteiger charge is -2.28. The number of hydrogen-bond donors (Lipinski definition) is 3. The molecule has 12 heteroatoms. The molecule has 0 radical (unpaired) electrons. The van der Waals surface area contributed by atoms with Gasteiger partial charge >= 0.3 is 12.3 Å². The van der Waals surface area contributed by atoms with E-state index in [0.717, 1.165) is 11.1 Å². The van der Waals surface area contributed by atoms with Crippen LogP contribution in [-0.4, -0.2) is 52.3 Å². The Morgan fingerprint density at radius 2 is 1.78 bits per heavy atom. The number of carboxylic acid groups (broad SMARTS) is 1. The number of nitrogens with zero attached hydrogens (tertiary/aromatic N) is 1. The number of aryl methyl sites for hydroxylation is 1. The first-order valence-corrected chi connectivity index (χ1v) is 10.7. The monoisotopic (exact) mass is 508 g/mol. The number of benzene rings is 2. The molecule has 0 bridgehead atoms. The van der Waals surface area contributed by atoms with Crippen LogP contribution in [0.2, 0.25) is 0 Å². The molecule has 2 aromatic carbocycles. The van der Waals surface area contributed by atoms with Crippen LogP contribution in [0, 0.1) is 6.92 Å². The Kier molecular flexibility index (Phi) is 8.07. The number of aliphatic hydroxyl groups excluding tert-OH is 1. The smallest absolute Gasteiger partial charge is 0.511 e. The fourth-order valence-corrected chi connectivity index (χ4v) is 3.51. The minimum absolute atomic E-state index is 0.0501. The van der Waals surface area contributed by atoms with E-state index in [1.54, 1.807) is 25.1 Å². The molecule has 36 heavy (non-hydrogen) atoms. The van der Waals surface area contributed by atoms with Gasteiger partial charge < -0.3 is 29.9 Å². The van der Waals surface area contributed by atoms with Gasteiger partial charge in [-0.05, 0) is 41.8 Å². The van der Waals surface area contributed by atoms with Crippen molar-refractivity contribution in [3.8, 4) is 11.5 Å². The van der Waals surface area contributed by atoms with E-state index in [0.29, 0.717) is 11.3 Å². The van der Waals surface area contributed by atoms with Crippen LogP contribution >= 0.6 is 0 Å². The van der Waals surface area contributed by atoms with Crippen molar-refractivity contribution in [3.63, 3.8) is 0 Å². The number of amides is 2. The number of carbonyl (C=O) groups excluding carboxylic acids is 2. The summed E-state index contributed by atoms with van der Waals surface area (Å²) in [4.78, 5) is 36.9. The third-order valence-electron chi connectivity index (χ3n) is 5.20.